The molecule has 0 atom stereocenters. The van der Waals surface area contributed by atoms with Crippen molar-refractivity contribution in [2.75, 3.05) is 24.6 Å². The van der Waals surface area contributed by atoms with Gasteiger partial charge >= 0.3 is 0 Å². The Kier molecular flexibility index (Phi) is 4.37. The first-order chi connectivity index (χ1) is 12.2. The average Bonchev–Trinajstić information content (AvgIpc) is 3.18. The van der Waals surface area contributed by atoms with Crippen molar-refractivity contribution in [3.8, 4) is 0 Å². The zero-order valence-electron chi connectivity index (χ0n) is 13.7. The lowest BCUT2D eigenvalue weighted by Gasteiger charge is -2.18. The third-order valence-corrected chi connectivity index (χ3v) is 5.29. The molecule has 7 nitrogen and oxygen atoms in total. The van der Waals surface area contributed by atoms with Gasteiger partial charge in [0, 0.05) is 19.6 Å². The number of nitrogens with zero attached hydrogens (tertiary/aromatic N) is 4. The quantitative estimate of drug-likeness (QED) is 0.741. The molecule has 0 spiro atoms. The monoisotopic (exact) mass is 357 g/mol. The van der Waals surface area contributed by atoms with Gasteiger partial charge in [-0.1, -0.05) is 23.5 Å². The van der Waals surface area contributed by atoms with Crippen LogP contribution >= 0.6 is 11.3 Å². The van der Waals surface area contributed by atoms with Gasteiger partial charge < -0.3 is 15.3 Å². The fourth-order valence-electron chi connectivity index (χ4n) is 2.99. The van der Waals surface area contributed by atoms with Crippen molar-refractivity contribution >= 4 is 32.6 Å². The lowest BCUT2D eigenvalue weighted by Crippen LogP contribution is -2.27. The minimum Gasteiger partial charge on any atom is -0.395 e. The van der Waals surface area contributed by atoms with Gasteiger partial charge in [0.2, 0.25) is 0 Å². The van der Waals surface area contributed by atoms with Crippen molar-refractivity contribution < 1.29 is 9.90 Å². The highest BCUT2D eigenvalue weighted by Crippen LogP contribution is 2.30. The van der Waals surface area contributed by atoms with Crippen molar-refractivity contribution in [3.05, 3.63) is 41.7 Å². The van der Waals surface area contributed by atoms with Gasteiger partial charge in [0.25, 0.3) is 5.91 Å². The Morgan fingerprint density at radius 3 is 3.04 bits per heavy atom. The second kappa shape index (κ2) is 6.81. The number of aliphatic hydroxyl groups is 1. The summed E-state index contributed by atoms with van der Waals surface area (Å²) in [5.74, 6) is -0.249. The van der Waals surface area contributed by atoms with E-state index in [4.69, 9.17) is 10.1 Å². The summed E-state index contributed by atoms with van der Waals surface area (Å²) in [7, 11) is 0. The number of para-hydroxylation sites is 1. The topological polar surface area (TPSA) is 83.3 Å². The standard InChI is InChI=1S/C17H19N5O2S/c23-9-6-18-16(24)14-10-12-11-21(7-3-8-22(12)20-14)17-19-13-4-1-2-5-15(13)25-17/h1-2,4-5,10,23H,3,6-9,11H2,(H,18,24). The first kappa shape index (κ1) is 16.0. The van der Waals surface area contributed by atoms with Gasteiger partial charge in [-0.15, -0.1) is 0 Å². The normalized spacial score (nSPS) is 14.4. The average molecular weight is 357 g/mol. The highest BCUT2D eigenvalue weighted by atomic mass is 32.1. The van der Waals surface area contributed by atoms with Crippen LogP contribution in [0, 0.1) is 0 Å². The van der Waals surface area contributed by atoms with E-state index in [1.165, 1.54) is 4.70 Å². The molecule has 8 heteroatoms. The van der Waals surface area contributed by atoms with Crippen LogP contribution in [0.25, 0.3) is 10.2 Å². The Hall–Kier alpha value is -2.45. The maximum atomic E-state index is 12.1. The summed E-state index contributed by atoms with van der Waals surface area (Å²) in [5.41, 5.74) is 2.42. The zero-order valence-corrected chi connectivity index (χ0v) is 14.5. The smallest absolute Gasteiger partial charge is 0.271 e. The molecule has 0 bridgehead atoms. The van der Waals surface area contributed by atoms with Gasteiger partial charge in [-0.25, -0.2) is 4.98 Å². The van der Waals surface area contributed by atoms with Crippen LogP contribution in [-0.2, 0) is 13.1 Å². The second-order valence-corrected chi connectivity index (χ2v) is 6.97. The number of hydrogen-bond donors (Lipinski definition) is 2. The number of aromatic nitrogens is 3. The molecule has 2 aromatic heterocycles. The number of hydrogen-bond acceptors (Lipinski definition) is 6. The van der Waals surface area contributed by atoms with Gasteiger partial charge in [0.05, 0.1) is 29.1 Å². The Morgan fingerprint density at radius 1 is 1.32 bits per heavy atom. The van der Waals surface area contributed by atoms with Gasteiger partial charge in [-0.05, 0) is 24.6 Å². The van der Waals surface area contributed by atoms with E-state index in [-0.39, 0.29) is 19.1 Å². The van der Waals surface area contributed by atoms with E-state index in [9.17, 15) is 4.79 Å². The van der Waals surface area contributed by atoms with Crippen molar-refractivity contribution in [3.63, 3.8) is 0 Å². The number of aryl methyl sites for hydroxylation is 1. The Balaban J connectivity index is 1.58. The zero-order chi connectivity index (χ0) is 17.2. The second-order valence-electron chi connectivity index (χ2n) is 5.96. The van der Waals surface area contributed by atoms with Crippen molar-refractivity contribution in [2.24, 2.45) is 0 Å². The summed E-state index contributed by atoms with van der Waals surface area (Å²) in [5, 5.41) is 16.9. The van der Waals surface area contributed by atoms with E-state index in [2.05, 4.69) is 21.4 Å². The molecule has 1 aliphatic rings. The molecule has 1 aromatic carbocycles. The van der Waals surface area contributed by atoms with Crippen LogP contribution in [0.2, 0.25) is 0 Å². The SMILES string of the molecule is O=C(NCCO)c1cc2n(n1)CCCN(c1nc3ccccc3s1)C2. The van der Waals surface area contributed by atoms with Crippen LogP contribution in [0.4, 0.5) is 5.13 Å². The van der Waals surface area contributed by atoms with Crippen molar-refractivity contribution in [2.45, 2.75) is 19.5 Å². The number of anilines is 1. The molecule has 4 rings (SSSR count). The number of carbonyl (C=O) groups excluding carboxylic acids is 1. The number of rotatable bonds is 4. The molecular formula is C17H19N5O2S. The molecule has 3 aromatic rings. The van der Waals surface area contributed by atoms with Crippen LogP contribution in [0.5, 0.6) is 0 Å². The van der Waals surface area contributed by atoms with E-state index in [0.29, 0.717) is 12.2 Å². The first-order valence-corrected chi connectivity index (χ1v) is 9.12. The number of nitrogens with one attached hydrogen (secondary N) is 1. The summed E-state index contributed by atoms with van der Waals surface area (Å²) >= 11 is 1.69. The number of aliphatic hydroxyl groups excluding tert-OH is 1. The minimum atomic E-state index is -0.249. The molecule has 0 radical (unpaired) electrons. The highest BCUT2D eigenvalue weighted by molar-refractivity contribution is 7.22. The largest absolute Gasteiger partial charge is 0.395 e. The van der Waals surface area contributed by atoms with Crippen LogP contribution in [-0.4, -0.2) is 45.5 Å². The van der Waals surface area contributed by atoms with E-state index in [1.54, 1.807) is 11.3 Å². The molecule has 1 aliphatic heterocycles. The van der Waals surface area contributed by atoms with E-state index < -0.39 is 0 Å². The maximum Gasteiger partial charge on any atom is 0.271 e. The molecule has 0 aliphatic carbocycles. The fraction of sp³-hybridized carbons (Fsp3) is 0.353. The highest BCUT2D eigenvalue weighted by Gasteiger charge is 2.21. The molecule has 1 amide bonds. The van der Waals surface area contributed by atoms with E-state index >= 15 is 0 Å². The van der Waals surface area contributed by atoms with Crippen LogP contribution in [0.3, 0.4) is 0 Å². The molecular weight excluding hydrogens is 338 g/mol. The van der Waals surface area contributed by atoms with Crippen LogP contribution < -0.4 is 10.2 Å². The predicted molar refractivity (Wildman–Crippen MR) is 96.9 cm³/mol. The molecule has 0 saturated carbocycles. The Labute approximate surface area is 148 Å². The Morgan fingerprint density at radius 2 is 2.20 bits per heavy atom. The maximum absolute atomic E-state index is 12.1. The summed E-state index contributed by atoms with van der Waals surface area (Å²) in [6, 6.07) is 9.97. The van der Waals surface area contributed by atoms with E-state index in [0.717, 1.165) is 35.9 Å². The van der Waals surface area contributed by atoms with Crippen molar-refractivity contribution in [1.29, 1.82) is 0 Å². The van der Waals surface area contributed by atoms with Crippen LogP contribution in [0.15, 0.2) is 30.3 Å². The summed E-state index contributed by atoms with van der Waals surface area (Å²) in [6.45, 7) is 2.53. The van der Waals surface area contributed by atoms with Gasteiger partial charge in [0.15, 0.2) is 10.8 Å². The molecule has 0 saturated heterocycles. The number of fused-ring (bicyclic) bond motifs is 2. The van der Waals surface area contributed by atoms with Gasteiger partial charge in [0.1, 0.15) is 0 Å². The number of benzene rings is 1. The summed E-state index contributed by atoms with van der Waals surface area (Å²) < 4.78 is 3.08. The number of carbonyl (C=O) groups is 1. The van der Waals surface area contributed by atoms with Crippen molar-refractivity contribution in [1.82, 2.24) is 20.1 Å². The predicted octanol–water partition coefficient (Wildman–Crippen LogP) is 1.63. The minimum absolute atomic E-state index is 0.0787. The third kappa shape index (κ3) is 3.22. The molecule has 3 heterocycles. The lowest BCUT2D eigenvalue weighted by atomic mass is 10.3. The Bertz CT molecular complexity index is 870. The molecule has 25 heavy (non-hydrogen) atoms. The number of thiazole rings is 1. The fourth-order valence-corrected chi connectivity index (χ4v) is 3.98. The third-order valence-electron chi connectivity index (χ3n) is 4.20. The first-order valence-electron chi connectivity index (χ1n) is 8.31. The molecule has 130 valence electrons. The molecule has 0 fully saturated rings. The lowest BCUT2D eigenvalue weighted by molar-refractivity contribution is 0.0939. The van der Waals surface area contributed by atoms with E-state index in [1.807, 2.05) is 28.9 Å². The van der Waals surface area contributed by atoms with Crippen LogP contribution in [0.1, 0.15) is 22.6 Å². The molecule has 2 N–H and O–H groups in total. The summed E-state index contributed by atoms with van der Waals surface area (Å²) in [4.78, 5) is 19.0. The van der Waals surface area contributed by atoms with Gasteiger partial charge in [-0.3, -0.25) is 9.48 Å². The van der Waals surface area contributed by atoms with Gasteiger partial charge in [-0.2, -0.15) is 5.10 Å². The number of amides is 1. The summed E-state index contributed by atoms with van der Waals surface area (Å²) in [6.07, 6.45) is 0.947. The molecule has 0 unspecified atom stereocenters.